The highest BCUT2D eigenvalue weighted by atomic mass is 32.2. The monoisotopic (exact) mass is 493 g/mol. The fraction of sp³-hybridized carbons (Fsp3) is 0.296. The van der Waals surface area contributed by atoms with Crippen LogP contribution in [0.15, 0.2) is 36.4 Å². The van der Waals surface area contributed by atoms with Crippen molar-refractivity contribution in [1.82, 2.24) is 5.32 Å². The number of esters is 1. The Bertz CT molecular complexity index is 1280. The van der Waals surface area contributed by atoms with E-state index in [1.165, 1.54) is 6.92 Å². The highest BCUT2D eigenvalue weighted by molar-refractivity contribution is 8.15. The van der Waals surface area contributed by atoms with Crippen molar-refractivity contribution in [3.8, 4) is 17.2 Å². The van der Waals surface area contributed by atoms with Crippen LogP contribution >= 0.6 is 11.8 Å². The molecule has 0 spiro atoms. The number of rotatable bonds is 6. The summed E-state index contributed by atoms with van der Waals surface area (Å²) in [5.41, 5.74) is 3.67. The lowest BCUT2D eigenvalue weighted by molar-refractivity contribution is -0.132. The molecule has 0 bridgehead atoms. The predicted octanol–water partition coefficient (Wildman–Crippen LogP) is 5.15. The molecule has 0 radical (unpaired) electrons. The zero-order valence-electron chi connectivity index (χ0n) is 20.3. The largest absolute Gasteiger partial charge is 0.489 e. The first-order chi connectivity index (χ1) is 16.6. The molecule has 1 saturated heterocycles. The van der Waals surface area contributed by atoms with Crippen LogP contribution in [0.25, 0.3) is 12.2 Å². The lowest BCUT2D eigenvalue weighted by Gasteiger charge is -2.34. The maximum Gasteiger partial charge on any atom is 0.308 e. The molecule has 7 nitrogen and oxygen atoms in total. The van der Waals surface area contributed by atoms with E-state index in [9.17, 15) is 14.4 Å². The fourth-order valence-electron chi connectivity index (χ4n) is 3.98. The van der Waals surface area contributed by atoms with Crippen LogP contribution in [-0.4, -0.2) is 34.6 Å². The van der Waals surface area contributed by atoms with Crippen LogP contribution in [-0.2, 0) is 9.59 Å². The zero-order chi connectivity index (χ0) is 25.3. The molecule has 1 N–H and O–H groups in total. The Kier molecular flexibility index (Phi) is 6.76. The molecule has 2 unspecified atom stereocenters. The van der Waals surface area contributed by atoms with Crippen LogP contribution in [0.4, 0.5) is 4.79 Å². The van der Waals surface area contributed by atoms with Crippen molar-refractivity contribution in [2.45, 2.75) is 45.5 Å². The minimum absolute atomic E-state index is 0.273. The quantitative estimate of drug-likeness (QED) is 0.440. The molecule has 2 atom stereocenters. The summed E-state index contributed by atoms with van der Waals surface area (Å²) < 4.78 is 17.9. The Hall–Kier alpha value is -3.52. The third-order valence-corrected chi connectivity index (χ3v) is 6.92. The lowest BCUT2D eigenvalue weighted by atomic mass is 9.92. The molecule has 4 rings (SSSR count). The minimum atomic E-state index is -0.704. The molecule has 2 aliphatic heterocycles. The van der Waals surface area contributed by atoms with Gasteiger partial charge < -0.3 is 14.2 Å². The Labute approximate surface area is 208 Å². The smallest absolute Gasteiger partial charge is 0.308 e. The van der Waals surface area contributed by atoms with Gasteiger partial charge in [-0.25, -0.2) is 0 Å². The van der Waals surface area contributed by atoms with Crippen LogP contribution in [0.5, 0.6) is 17.2 Å². The van der Waals surface area contributed by atoms with Gasteiger partial charge >= 0.3 is 5.97 Å². The maximum absolute atomic E-state index is 11.7. The van der Waals surface area contributed by atoms with Crippen molar-refractivity contribution in [3.63, 3.8) is 0 Å². The van der Waals surface area contributed by atoms with E-state index < -0.39 is 10.9 Å². The number of carbonyl (C=O) groups is 3. The molecule has 2 aliphatic rings. The predicted molar refractivity (Wildman–Crippen MR) is 136 cm³/mol. The molecule has 0 saturated carbocycles. The fourth-order valence-corrected chi connectivity index (χ4v) is 4.69. The highest BCUT2D eigenvalue weighted by Gasteiger charge is 2.32. The molecular weight excluding hydrogens is 466 g/mol. The summed E-state index contributed by atoms with van der Waals surface area (Å²) >= 11 is 0.960. The van der Waals surface area contributed by atoms with Gasteiger partial charge in [0.15, 0.2) is 5.60 Å². The van der Waals surface area contributed by atoms with E-state index in [0.717, 1.165) is 45.3 Å². The number of nitrogens with one attached hydrogen (secondary N) is 1. The number of ether oxygens (including phenoxy) is 3. The second kappa shape index (κ2) is 9.62. The normalized spacial score (nSPS) is 21.0. The summed E-state index contributed by atoms with van der Waals surface area (Å²) in [6.07, 6.45) is 7.44. The molecule has 182 valence electrons. The lowest BCUT2D eigenvalue weighted by Crippen LogP contribution is -2.39. The van der Waals surface area contributed by atoms with Gasteiger partial charge in [0.25, 0.3) is 5.24 Å². The topological polar surface area (TPSA) is 90.9 Å². The van der Waals surface area contributed by atoms with Crippen LogP contribution in [0.3, 0.4) is 0 Å². The number of hydrogen-bond acceptors (Lipinski definition) is 7. The van der Waals surface area contributed by atoms with Crippen LogP contribution < -0.4 is 19.5 Å². The summed E-state index contributed by atoms with van der Waals surface area (Å²) in [7, 11) is 0. The molecular formula is C27H27NO6S. The van der Waals surface area contributed by atoms with Crippen molar-refractivity contribution >= 4 is 41.0 Å². The molecule has 2 aromatic rings. The van der Waals surface area contributed by atoms with E-state index in [1.807, 2.05) is 64.1 Å². The number of thioether (sulfide) groups is 1. The summed E-state index contributed by atoms with van der Waals surface area (Å²) in [4.78, 5) is 34.6. The average Bonchev–Trinajstić information content (AvgIpc) is 3.14. The molecule has 8 heteroatoms. The van der Waals surface area contributed by atoms with E-state index in [4.69, 9.17) is 14.2 Å². The SMILES string of the molecule is CC(=O)Oc1c(C)c(C)c2c(c1C)C=CC(C)(COc1cccc(/C=C/C3SC(=O)NC3=O)c1)O2. The first kappa shape index (κ1) is 24.6. The molecule has 2 heterocycles. The van der Waals surface area contributed by atoms with Crippen LogP contribution in [0, 0.1) is 20.8 Å². The van der Waals surface area contributed by atoms with E-state index in [0.29, 0.717) is 11.5 Å². The highest BCUT2D eigenvalue weighted by Crippen LogP contribution is 2.43. The molecule has 2 amide bonds. The summed E-state index contributed by atoms with van der Waals surface area (Å²) in [5.74, 6) is 1.32. The Morgan fingerprint density at radius 3 is 2.66 bits per heavy atom. The molecule has 2 aromatic carbocycles. The van der Waals surface area contributed by atoms with Crippen LogP contribution in [0.1, 0.15) is 41.7 Å². The Morgan fingerprint density at radius 1 is 1.20 bits per heavy atom. The standard InChI is InChI=1S/C27H27NO6S/c1-15-16(2)24-21(17(3)23(15)33-18(4)29)11-12-27(5,34-24)14-32-20-8-6-7-19(13-20)9-10-22-25(30)28-26(31)35-22/h6-13,22H,14H2,1-5H3,(H,28,30,31)/b10-9+. The Balaban J connectivity index is 1.48. The third-order valence-electron chi connectivity index (χ3n) is 5.98. The van der Waals surface area contributed by atoms with Gasteiger partial charge in [-0.15, -0.1) is 0 Å². The van der Waals surface area contributed by atoms with Gasteiger partial charge in [-0.1, -0.05) is 30.4 Å². The van der Waals surface area contributed by atoms with E-state index in [1.54, 1.807) is 12.2 Å². The van der Waals surface area contributed by atoms with Crippen molar-refractivity contribution < 1.29 is 28.6 Å². The van der Waals surface area contributed by atoms with E-state index in [-0.39, 0.29) is 23.7 Å². The first-order valence-electron chi connectivity index (χ1n) is 11.2. The second-order valence-corrected chi connectivity index (χ2v) is 9.94. The van der Waals surface area contributed by atoms with Gasteiger partial charge in [-0.3, -0.25) is 19.7 Å². The van der Waals surface area contributed by atoms with Crippen LogP contribution in [0.2, 0.25) is 0 Å². The third kappa shape index (κ3) is 5.27. The average molecular weight is 494 g/mol. The van der Waals surface area contributed by atoms with Gasteiger partial charge in [0.05, 0.1) is 0 Å². The number of fused-ring (bicyclic) bond motifs is 1. The van der Waals surface area contributed by atoms with Crippen molar-refractivity contribution in [2.75, 3.05) is 6.61 Å². The molecule has 1 fully saturated rings. The van der Waals surface area contributed by atoms with Gasteiger partial charge in [-0.2, -0.15) is 0 Å². The number of hydrogen-bond donors (Lipinski definition) is 1. The first-order valence-corrected chi connectivity index (χ1v) is 12.1. The van der Waals surface area contributed by atoms with Gasteiger partial charge in [0, 0.05) is 18.1 Å². The minimum Gasteiger partial charge on any atom is -0.489 e. The summed E-state index contributed by atoms with van der Waals surface area (Å²) in [5, 5.41) is 1.41. The second-order valence-electron chi connectivity index (χ2n) is 8.82. The van der Waals surface area contributed by atoms with Gasteiger partial charge in [0.2, 0.25) is 5.91 Å². The number of carbonyl (C=O) groups excluding carboxylic acids is 3. The van der Waals surface area contributed by atoms with Gasteiger partial charge in [0.1, 0.15) is 29.1 Å². The number of amides is 2. The van der Waals surface area contributed by atoms with Crippen molar-refractivity contribution in [1.29, 1.82) is 0 Å². The van der Waals surface area contributed by atoms with Crippen molar-refractivity contribution in [2.24, 2.45) is 0 Å². The van der Waals surface area contributed by atoms with E-state index >= 15 is 0 Å². The number of benzene rings is 2. The van der Waals surface area contributed by atoms with Crippen molar-refractivity contribution in [3.05, 3.63) is 64.2 Å². The molecule has 0 aromatic heterocycles. The Morgan fingerprint density at radius 2 is 1.97 bits per heavy atom. The zero-order valence-corrected chi connectivity index (χ0v) is 21.1. The van der Waals surface area contributed by atoms with Gasteiger partial charge in [-0.05, 0) is 74.4 Å². The maximum atomic E-state index is 11.7. The molecule has 0 aliphatic carbocycles. The summed E-state index contributed by atoms with van der Waals surface area (Å²) in [6, 6.07) is 7.48. The summed E-state index contributed by atoms with van der Waals surface area (Å²) in [6.45, 7) is 9.40. The number of imide groups is 1. The van der Waals surface area contributed by atoms with E-state index in [2.05, 4.69) is 5.32 Å². The molecule has 35 heavy (non-hydrogen) atoms.